The molecule has 0 fully saturated rings. The molecular formula is C28H22FN7O2. The number of pyridine rings is 3. The van der Waals surface area contributed by atoms with Crippen LogP contribution in [0.1, 0.15) is 19.8 Å². The minimum Gasteiger partial charge on any atom is -0.508 e. The Kier molecular flexibility index (Phi) is 5.76. The predicted octanol–water partition coefficient (Wildman–Crippen LogP) is 5.81. The van der Waals surface area contributed by atoms with Crippen LogP contribution < -0.4 is 5.32 Å². The van der Waals surface area contributed by atoms with E-state index in [-0.39, 0.29) is 11.7 Å². The van der Waals surface area contributed by atoms with Crippen LogP contribution in [0.4, 0.5) is 10.1 Å². The maximum Gasteiger partial charge on any atom is 0.224 e. The first-order valence-electron chi connectivity index (χ1n) is 12.0. The summed E-state index contributed by atoms with van der Waals surface area (Å²) in [6, 6.07) is 9.60. The van der Waals surface area contributed by atoms with Gasteiger partial charge in [0, 0.05) is 46.8 Å². The highest BCUT2D eigenvalue weighted by Crippen LogP contribution is 2.35. The minimum atomic E-state index is -0.533. The van der Waals surface area contributed by atoms with E-state index in [1.807, 2.05) is 25.1 Å². The molecule has 0 saturated heterocycles. The fraction of sp³-hybridized carbons (Fsp3) is 0.107. The molecule has 0 atom stereocenters. The number of nitrogens with one attached hydrogen (secondary N) is 3. The first-order valence-corrected chi connectivity index (χ1v) is 12.0. The Balaban J connectivity index is 1.41. The molecule has 0 radical (unpaired) electrons. The fourth-order valence-corrected chi connectivity index (χ4v) is 4.52. The number of benzene rings is 1. The maximum absolute atomic E-state index is 14.0. The van der Waals surface area contributed by atoms with Crippen LogP contribution in [0.3, 0.4) is 0 Å². The van der Waals surface area contributed by atoms with Gasteiger partial charge in [0.05, 0.1) is 46.7 Å². The highest BCUT2D eigenvalue weighted by molar-refractivity contribution is 6.01. The molecule has 5 aromatic heterocycles. The van der Waals surface area contributed by atoms with Gasteiger partial charge in [0.2, 0.25) is 5.91 Å². The van der Waals surface area contributed by atoms with Gasteiger partial charge < -0.3 is 15.4 Å². The van der Waals surface area contributed by atoms with E-state index >= 15 is 0 Å². The quantitative estimate of drug-likeness (QED) is 0.225. The van der Waals surface area contributed by atoms with Crippen molar-refractivity contribution in [2.75, 3.05) is 5.32 Å². The first-order chi connectivity index (χ1) is 18.5. The third kappa shape index (κ3) is 4.32. The molecule has 4 N–H and O–H groups in total. The summed E-state index contributed by atoms with van der Waals surface area (Å²) in [4.78, 5) is 28.5. The number of hydrogen-bond donors (Lipinski definition) is 4. The number of rotatable bonds is 6. The summed E-state index contributed by atoms with van der Waals surface area (Å²) >= 11 is 0. The maximum atomic E-state index is 14.0. The largest absolute Gasteiger partial charge is 0.508 e. The topological polar surface area (TPSA) is 132 Å². The van der Waals surface area contributed by atoms with E-state index in [9.17, 15) is 14.3 Å². The van der Waals surface area contributed by atoms with Crippen molar-refractivity contribution in [1.82, 2.24) is 30.1 Å². The average Bonchev–Trinajstić information content (AvgIpc) is 3.52. The number of halogens is 1. The van der Waals surface area contributed by atoms with E-state index in [2.05, 4.69) is 35.5 Å². The van der Waals surface area contributed by atoms with E-state index in [0.717, 1.165) is 45.6 Å². The highest BCUT2D eigenvalue weighted by atomic mass is 19.1. The van der Waals surface area contributed by atoms with Crippen molar-refractivity contribution in [2.45, 2.75) is 19.8 Å². The van der Waals surface area contributed by atoms with Crippen molar-refractivity contribution in [1.29, 1.82) is 0 Å². The molecule has 6 aromatic rings. The Morgan fingerprint density at radius 2 is 1.82 bits per heavy atom. The lowest BCUT2D eigenvalue weighted by Gasteiger charge is -2.06. The number of nitrogens with zero attached hydrogens (tertiary/aromatic N) is 4. The molecule has 1 aromatic carbocycles. The smallest absolute Gasteiger partial charge is 0.224 e. The predicted molar refractivity (Wildman–Crippen MR) is 143 cm³/mol. The van der Waals surface area contributed by atoms with E-state index in [0.29, 0.717) is 34.6 Å². The van der Waals surface area contributed by atoms with E-state index < -0.39 is 5.82 Å². The third-order valence-corrected chi connectivity index (χ3v) is 6.24. The molecule has 0 aliphatic carbocycles. The van der Waals surface area contributed by atoms with E-state index in [4.69, 9.17) is 0 Å². The highest BCUT2D eigenvalue weighted by Gasteiger charge is 2.16. The normalized spacial score (nSPS) is 11.3. The number of carbonyl (C=O) groups excluding carboxylic acids is 1. The van der Waals surface area contributed by atoms with Crippen molar-refractivity contribution in [3.05, 3.63) is 73.2 Å². The van der Waals surface area contributed by atoms with Gasteiger partial charge in [0.25, 0.3) is 0 Å². The standard InChI is InChI=1S/C28H22FN7O2/c1-2-3-27(38)33-18-5-16(10-30-11-18)23-9-21-26(14-32-23)35-36-28(21)24-8-20-22(12-31-13-25(20)34-24)15-4-17(29)7-19(37)6-15/h4-14,34,37H,2-3H2,1H3,(H,33,38)(H,35,36). The fourth-order valence-electron chi connectivity index (χ4n) is 4.52. The summed E-state index contributed by atoms with van der Waals surface area (Å²) < 4.78 is 14.0. The third-order valence-electron chi connectivity index (χ3n) is 6.24. The summed E-state index contributed by atoms with van der Waals surface area (Å²) in [6.45, 7) is 1.95. The Hall–Kier alpha value is -5.12. The summed E-state index contributed by atoms with van der Waals surface area (Å²) in [7, 11) is 0. The first kappa shape index (κ1) is 23.3. The van der Waals surface area contributed by atoms with Crippen LogP contribution in [-0.2, 0) is 4.79 Å². The van der Waals surface area contributed by atoms with Gasteiger partial charge >= 0.3 is 0 Å². The zero-order valence-electron chi connectivity index (χ0n) is 20.3. The number of carbonyl (C=O) groups is 1. The van der Waals surface area contributed by atoms with Gasteiger partial charge in [-0.25, -0.2) is 4.39 Å². The molecule has 0 unspecified atom stereocenters. The number of aromatic hydroxyl groups is 1. The van der Waals surface area contributed by atoms with Gasteiger partial charge in [-0.05, 0) is 42.3 Å². The second-order valence-corrected chi connectivity index (χ2v) is 8.98. The lowest BCUT2D eigenvalue weighted by Crippen LogP contribution is -2.10. The second kappa shape index (κ2) is 9.40. The number of aromatic amines is 2. The zero-order valence-corrected chi connectivity index (χ0v) is 20.3. The lowest BCUT2D eigenvalue weighted by molar-refractivity contribution is -0.116. The number of amides is 1. The molecule has 188 valence electrons. The Morgan fingerprint density at radius 3 is 2.66 bits per heavy atom. The van der Waals surface area contributed by atoms with Gasteiger partial charge in [0.1, 0.15) is 17.3 Å². The molecule has 5 heterocycles. The van der Waals surface area contributed by atoms with Crippen molar-refractivity contribution >= 4 is 33.4 Å². The van der Waals surface area contributed by atoms with Gasteiger partial charge in [0.15, 0.2) is 0 Å². The Bertz CT molecular complexity index is 1810. The van der Waals surface area contributed by atoms with Crippen molar-refractivity contribution in [3.8, 4) is 39.5 Å². The molecule has 0 spiro atoms. The van der Waals surface area contributed by atoms with Crippen LogP contribution in [0.2, 0.25) is 0 Å². The van der Waals surface area contributed by atoms with Crippen LogP contribution in [0.5, 0.6) is 5.75 Å². The number of anilines is 1. The van der Waals surface area contributed by atoms with Crippen LogP contribution in [0, 0.1) is 5.82 Å². The summed E-state index contributed by atoms with van der Waals surface area (Å²) in [5.41, 5.74) is 6.12. The van der Waals surface area contributed by atoms with Crippen molar-refractivity contribution in [2.24, 2.45) is 0 Å². The summed E-state index contributed by atoms with van der Waals surface area (Å²) in [6.07, 6.45) is 9.53. The molecular weight excluding hydrogens is 485 g/mol. The average molecular weight is 508 g/mol. The number of phenolic OH excluding ortho intramolecular Hbond substituents is 1. The molecule has 6 rings (SSSR count). The van der Waals surface area contributed by atoms with Gasteiger partial charge in [-0.3, -0.25) is 24.8 Å². The minimum absolute atomic E-state index is 0.0619. The SMILES string of the molecule is CCCC(=O)Nc1cncc(-c2cc3c(-c4cc5c(-c6cc(O)cc(F)c6)cncc5[nH]4)n[nH]c3cn2)c1. The number of phenols is 1. The molecule has 9 nitrogen and oxygen atoms in total. The summed E-state index contributed by atoms with van der Waals surface area (Å²) in [5, 5.41) is 21.9. The Labute approximate surface area is 215 Å². The van der Waals surface area contributed by atoms with Crippen LogP contribution in [-0.4, -0.2) is 41.1 Å². The monoisotopic (exact) mass is 507 g/mol. The molecule has 0 aliphatic heterocycles. The number of hydrogen-bond acceptors (Lipinski definition) is 6. The van der Waals surface area contributed by atoms with Crippen LogP contribution in [0.25, 0.3) is 55.6 Å². The molecule has 0 bridgehead atoms. The molecule has 0 saturated carbocycles. The lowest BCUT2D eigenvalue weighted by atomic mass is 10.0. The van der Waals surface area contributed by atoms with E-state index in [1.165, 1.54) is 12.1 Å². The van der Waals surface area contributed by atoms with E-state index in [1.54, 1.807) is 31.0 Å². The van der Waals surface area contributed by atoms with Crippen molar-refractivity contribution < 1.29 is 14.3 Å². The Morgan fingerprint density at radius 1 is 0.947 bits per heavy atom. The zero-order chi connectivity index (χ0) is 26.2. The van der Waals surface area contributed by atoms with Crippen LogP contribution >= 0.6 is 0 Å². The number of aromatic nitrogens is 6. The molecule has 10 heteroatoms. The van der Waals surface area contributed by atoms with Crippen molar-refractivity contribution in [3.63, 3.8) is 0 Å². The van der Waals surface area contributed by atoms with Gasteiger partial charge in [-0.1, -0.05) is 6.92 Å². The van der Waals surface area contributed by atoms with Crippen LogP contribution in [0.15, 0.2) is 67.4 Å². The molecule has 1 amide bonds. The number of H-pyrrole nitrogens is 2. The van der Waals surface area contributed by atoms with Gasteiger partial charge in [-0.2, -0.15) is 5.10 Å². The van der Waals surface area contributed by atoms with Gasteiger partial charge in [-0.15, -0.1) is 0 Å². The number of fused-ring (bicyclic) bond motifs is 2. The second-order valence-electron chi connectivity index (χ2n) is 8.98. The molecule has 38 heavy (non-hydrogen) atoms. The summed E-state index contributed by atoms with van der Waals surface area (Å²) in [5.74, 6) is -0.753. The molecule has 0 aliphatic rings.